The first-order valence-corrected chi connectivity index (χ1v) is 4.98. The van der Waals surface area contributed by atoms with E-state index in [1.807, 2.05) is 30.3 Å². The fraction of sp³-hybridized carbons (Fsp3) is 0.167. The van der Waals surface area contributed by atoms with Crippen molar-refractivity contribution in [2.24, 2.45) is 0 Å². The first-order chi connectivity index (χ1) is 7.77. The molecule has 0 saturated heterocycles. The minimum Gasteiger partial charge on any atom is -0.478 e. The number of carboxylic acids is 1. The Labute approximate surface area is 92.5 Å². The van der Waals surface area contributed by atoms with Crippen molar-refractivity contribution < 1.29 is 14.4 Å². The number of carboxylic acid groups (broad SMARTS) is 1. The van der Waals surface area contributed by atoms with Crippen LogP contribution in [0.5, 0.6) is 0 Å². The van der Waals surface area contributed by atoms with E-state index in [1.165, 1.54) is 6.20 Å². The van der Waals surface area contributed by atoms with E-state index in [-0.39, 0.29) is 5.56 Å². The number of aromatic carboxylic acids is 1. The van der Waals surface area contributed by atoms with Crippen molar-refractivity contribution in [1.82, 2.24) is 5.16 Å². The van der Waals surface area contributed by atoms with Gasteiger partial charge in [-0.1, -0.05) is 35.5 Å². The van der Waals surface area contributed by atoms with E-state index in [4.69, 9.17) is 9.63 Å². The first-order valence-electron chi connectivity index (χ1n) is 4.98. The summed E-state index contributed by atoms with van der Waals surface area (Å²) in [5.41, 5.74) is 1.30. The van der Waals surface area contributed by atoms with Crippen molar-refractivity contribution in [3.63, 3.8) is 0 Å². The summed E-state index contributed by atoms with van der Waals surface area (Å²) >= 11 is 0. The van der Waals surface area contributed by atoms with Gasteiger partial charge in [0.1, 0.15) is 5.56 Å². The number of benzene rings is 1. The van der Waals surface area contributed by atoms with Crippen LogP contribution in [0, 0.1) is 0 Å². The molecule has 1 aromatic carbocycles. The van der Waals surface area contributed by atoms with Gasteiger partial charge in [0, 0.05) is 6.42 Å². The first kappa shape index (κ1) is 10.4. The maximum atomic E-state index is 10.8. The van der Waals surface area contributed by atoms with E-state index >= 15 is 0 Å². The van der Waals surface area contributed by atoms with Crippen molar-refractivity contribution in [1.29, 1.82) is 0 Å². The smallest absolute Gasteiger partial charge is 0.340 e. The molecule has 0 unspecified atom stereocenters. The highest BCUT2D eigenvalue weighted by molar-refractivity contribution is 5.88. The summed E-state index contributed by atoms with van der Waals surface area (Å²) in [4.78, 5) is 10.8. The highest BCUT2D eigenvalue weighted by Crippen LogP contribution is 2.11. The van der Waals surface area contributed by atoms with Crippen LogP contribution in [0.2, 0.25) is 0 Å². The van der Waals surface area contributed by atoms with Gasteiger partial charge in [-0.2, -0.15) is 0 Å². The Hall–Kier alpha value is -2.10. The molecule has 4 heteroatoms. The van der Waals surface area contributed by atoms with E-state index in [1.54, 1.807) is 0 Å². The van der Waals surface area contributed by atoms with Crippen LogP contribution in [-0.4, -0.2) is 16.2 Å². The Kier molecular flexibility index (Phi) is 3.00. The van der Waals surface area contributed by atoms with Crippen LogP contribution in [0.15, 0.2) is 41.1 Å². The Balaban J connectivity index is 2.05. The van der Waals surface area contributed by atoms with Crippen molar-refractivity contribution in [2.75, 3.05) is 0 Å². The molecule has 4 nitrogen and oxygen atoms in total. The molecular formula is C12H11NO3. The van der Waals surface area contributed by atoms with Crippen LogP contribution >= 0.6 is 0 Å². The number of nitrogens with zero attached hydrogens (tertiary/aromatic N) is 1. The summed E-state index contributed by atoms with van der Waals surface area (Å²) in [6.07, 6.45) is 2.53. The topological polar surface area (TPSA) is 63.3 Å². The van der Waals surface area contributed by atoms with E-state index in [0.29, 0.717) is 12.2 Å². The zero-order valence-electron chi connectivity index (χ0n) is 8.59. The summed E-state index contributed by atoms with van der Waals surface area (Å²) < 4.78 is 4.92. The molecule has 0 spiro atoms. The Morgan fingerprint density at radius 3 is 2.69 bits per heavy atom. The third-order valence-electron chi connectivity index (χ3n) is 2.36. The molecule has 0 bridgehead atoms. The van der Waals surface area contributed by atoms with Gasteiger partial charge in [-0.05, 0) is 12.0 Å². The molecule has 2 aromatic rings. The monoisotopic (exact) mass is 217 g/mol. The number of carbonyl (C=O) groups is 1. The quantitative estimate of drug-likeness (QED) is 0.852. The van der Waals surface area contributed by atoms with E-state index in [0.717, 1.165) is 12.0 Å². The number of aryl methyl sites for hydroxylation is 2. The standard InChI is InChI=1S/C12H11NO3/c14-12(15)10-8-13-16-11(10)7-6-9-4-2-1-3-5-9/h1-5,8H,6-7H2,(H,14,15). The molecule has 2 rings (SSSR count). The number of hydrogen-bond donors (Lipinski definition) is 1. The molecule has 0 saturated carbocycles. The number of rotatable bonds is 4. The lowest BCUT2D eigenvalue weighted by Crippen LogP contribution is -2.00. The molecule has 0 aliphatic rings. The zero-order chi connectivity index (χ0) is 11.4. The number of aromatic nitrogens is 1. The lowest BCUT2D eigenvalue weighted by molar-refractivity contribution is 0.0694. The van der Waals surface area contributed by atoms with Gasteiger partial charge >= 0.3 is 5.97 Å². The second kappa shape index (κ2) is 4.61. The van der Waals surface area contributed by atoms with Crippen molar-refractivity contribution in [3.05, 3.63) is 53.4 Å². The molecule has 0 amide bonds. The van der Waals surface area contributed by atoms with Crippen LogP contribution < -0.4 is 0 Å². The molecule has 1 N–H and O–H groups in total. The van der Waals surface area contributed by atoms with Gasteiger partial charge in [0.05, 0.1) is 6.20 Å². The van der Waals surface area contributed by atoms with E-state index in [9.17, 15) is 4.79 Å². The van der Waals surface area contributed by atoms with Crippen LogP contribution in [0.25, 0.3) is 0 Å². The Morgan fingerprint density at radius 1 is 1.25 bits per heavy atom. The van der Waals surface area contributed by atoms with Gasteiger partial charge in [-0.15, -0.1) is 0 Å². The maximum Gasteiger partial charge on any atom is 0.340 e. The molecule has 0 radical (unpaired) electrons. The third kappa shape index (κ3) is 2.28. The maximum absolute atomic E-state index is 10.8. The fourth-order valence-electron chi connectivity index (χ4n) is 1.52. The average molecular weight is 217 g/mol. The second-order valence-corrected chi connectivity index (χ2v) is 3.45. The predicted octanol–water partition coefficient (Wildman–Crippen LogP) is 2.16. The Morgan fingerprint density at radius 2 is 2.00 bits per heavy atom. The molecule has 0 aliphatic heterocycles. The van der Waals surface area contributed by atoms with Crippen molar-refractivity contribution >= 4 is 5.97 Å². The minimum absolute atomic E-state index is 0.149. The molecule has 1 heterocycles. The number of hydrogen-bond acceptors (Lipinski definition) is 3. The van der Waals surface area contributed by atoms with Gasteiger partial charge < -0.3 is 9.63 Å². The molecule has 0 fully saturated rings. The SMILES string of the molecule is O=C(O)c1cnoc1CCc1ccccc1. The van der Waals surface area contributed by atoms with Gasteiger partial charge in [-0.3, -0.25) is 0 Å². The molecule has 0 aliphatic carbocycles. The predicted molar refractivity (Wildman–Crippen MR) is 57.3 cm³/mol. The highest BCUT2D eigenvalue weighted by atomic mass is 16.5. The summed E-state index contributed by atoms with van der Waals surface area (Å²) in [5, 5.41) is 12.4. The molecule has 0 atom stereocenters. The van der Waals surface area contributed by atoms with E-state index in [2.05, 4.69) is 5.16 Å². The van der Waals surface area contributed by atoms with Gasteiger partial charge in [0.2, 0.25) is 0 Å². The van der Waals surface area contributed by atoms with Gasteiger partial charge in [0.15, 0.2) is 5.76 Å². The summed E-state index contributed by atoms with van der Waals surface area (Å²) in [5.74, 6) is -0.569. The van der Waals surface area contributed by atoms with Gasteiger partial charge in [0.25, 0.3) is 0 Å². The lowest BCUT2D eigenvalue weighted by Gasteiger charge is -1.98. The third-order valence-corrected chi connectivity index (χ3v) is 2.36. The fourth-order valence-corrected chi connectivity index (χ4v) is 1.52. The van der Waals surface area contributed by atoms with Crippen LogP contribution in [0.3, 0.4) is 0 Å². The Bertz CT molecular complexity index is 476. The van der Waals surface area contributed by atoms with E-state index < -0.39 is 5.97 Å². The van der Waals surface area contributed by atoms with Crippen LogP contribution in [0.4, 0.5) is 0 Å². The largest absolute Gasteiger partial charge is 0.478 e. The zero-order valence-corrected chi connectivity index (χ0v) is 8.59. The second-order valence-electron chi connectivity index (χ2n) is 3.45. The summed E-state index contributed by atoms with van der Waals surface area (Å²) in [6, 6.07) is 9.84. The normalized spacial score (nSPS) is 10.2. The molecule has 16 heavy (non-hydrogen) atoms. The summed E-state index contributed by atoms with van der Waals surface area (Å²) in [6.45, 7) is 0. The van der Waals surface area contributed by atoms with Crippen LogP contribution in [-0.2, 0) is 12.8 Å². The molecule has 82 valence electrons. The minimum atomic E-state index is -0.996. The van der Waals surface area contributed by atoms with Crippen molar-refractivity contribution in [2.45, 2.75) is 12.8 Å². The lowest BCUT2D eigenvalue weighted by atomic mass is 10.1. The van der Waals surface area contributed by atoms with Crippen LogP contribution in [0.1, 0.15) is 21.7 Å². The van der Waals surface area contributed by atoms with Gasteiger partial charge in [-0.25, -0.2) is 4.79 Å². The molecule has 1 aromatic heterocycles. The van der Waals surface area contributed by atoms with Crippen molar-refractivity contribution in [3.8, 4) is 0 Å². The molecular weight excluding hydrogens is 206 g/mol. The average Bonchev–Trinajstić information content (AvgIpc) is 2.76. The highest BCUT2D eigenvalue weighted by Gasteiger charge is 2.14. The summed E-state index contributed by atoms with van der Waals surface area (Å²) in [7, 11) is 0.